The van der Waals surface area contributed by atoms with E-state index in [0.717, 1.165) is 42.3 Å². The van der Waals surface area contributed by atoms with Crippen LogP contribution in [0, 0.1) is 0 Å². The molecule has 0 unspecified atom stereocenters. The molecule has 0 saturated carbocycles. The molecule has 0 bridgehead atoms. The molecular formula is C24H24N4O. The second-order valence-corrected chi connectivity index (χ2v) is 7.48. The van der Waals surface area contributed by atoms with E-state index in [1.54, 1.807) is 6.26 Å². The summed E-state index contributed by atoms with van der Waals surface area (Å²) in [6.07, 6.45) is 10.00. The van der Waals surface area contributed by atoms with Gasteiger partial charge >= 0.3 is 0 Å². The molecule has 5 rings (SSSR count). The van der Waals surface area contributed by atoms with Crippen LogP contribution < -0.4 is 0 Å². The van der Waals surface area contributed by atoms with Crippen molar-refractivity contribution in [2.75, 3.05) is 13.1 Å². The number of hydrogen-bond donors (Lipinski definition) is 0. The molecule has 0 aliphatic carbocycles. The minimum absolute atomic E-state index is 0.262. The minimum Gasteiger partial charge on any atom is -0.463 e. The largest absolute Gasteiger partial charge is 0.463 e. The smallest absolute Gasteiger partial charge is 0.152 e. The highest BCUT2D eigenvalue weighted by molar-refractivity contribution is 5.76. The average Bonchev–Trinajstić information content (AvgIpc) is 3.55. The van der Waals surface area contributed by atoms with E-state index in [1.165, 1.54) is 18.4 Å². The van der Waals surface area contributed by atoms with Crippen molar-refractivity contribution in [2.24, 2.45) is 0 Å². The average molecular weight is 384 g/mol. The summed E-state index contributed by atoms with van der Waals surface area (Å²) >= 11 is 0. The van der Waals surface area contributed by atoms with E-state index in [2.05, 4.69) is 32.7 Å². The Morgan fingerprint density at radius 1 is 0.966 bits per heavy atom. The SMILES string of the molecule is c1ccc(-c2ncn(C[C@@H](c3cccnc3)N3CCCC3)c2-c2ccco2)cc1. The Balaban J connectivity index is 1.57. The van der Waals surface area contributed by atoms with E-state index in [9.17, 15) is 0 Å². The number of pyridine rings is 1. The Kier molecular flexibility index (Phi) is 4.97. The molecule has 4 heterocycles. The van der Waals surface area contributed by atoms with Gasteiger partial charge < -0.3 is 8.98 Å². The van der Waals surface area contributed by atoms with Crippen molar-refractivity contribution < 1.29 is 4.42 Å². The third-order valence-corrected chi connectivity index (χ3v) is 5.66. The summed E-state index contributed by atoms with van der Waals surface area (Å²) in [5, 5.41) is 0. The van der Waals surface area contributed by atoms with Crippen LogP contribution >= 0.6 is 0 Å². The molecule has 4 aromatic rings. The number of aromatic nitrogens is 3. The second-order valence-electron chi connectivity index (χ2n) is 7.48. The predicted molar refractivity (Wildman–Crippen MR) is 113 cm³/mol. The van der Waals surface area contributed by atoms with Crippen LogP contribution in [0.3, 0.4) is 0 Å². The molecule has 0 spiro atoms. The maximum absolute atomic E-state index is 5.81. The Morgan fingerprint density at radius 2 is 1.83 bits per heavy atom. The number of furan rings is 1. The van der Waals surface area contributed by atoms with Crippen LogP contribution in [0.5, 0.6) is 0 Å². The van der Waals surface area contributed by atoms with E-state index in [-0.39, 0.29) is 6.04 Å². The van der Waals surface area contributed by atoms with Crippen LogP contribution in [0.4, 0.5) is 0 Å². The van der Waals surface area contributed by atoms with Crippen molar-refractivity contribution >= 4 is 0 Å². The number of hydrogen-bond acceptors (Lipinski definition) is 4. The van der Waals surface area contributed by atoms with Crippen LogP contribution in [-0.4, -0.2) is 32.5 Å². The fraction of sp³-hybridized carbons (Fsp3) is 0.250. The molecule has 1 atom stereocenters. The topological polar surface area (TPSA) is 47.1 Å². The molecule has 0 radical (unpaired) electrons. The van der Waals surface area contributed by atoms with E-state index >= 15 is 0 Å². The van der Waals surface area contributed by atoms with Crippen molar-refractivity contribution in [1.82, 2.24) is 19.4 Å². The first kappa shape index (κ1) is 17.9. The lowest BCUT2D eigenvalue weighted by atomic mass is 10.1. The van der Waals surface area contributed by atoms with E-state index in [0.29, 0.717) is 0 Å². The molecule has 146 valence electrons. The summed E-state index contributed by atoms with van der Waals surface area (Å²) in [5.41, 5.74) is 4.31. The van der Waals surface area contributed by atoms with Gasteiger partial charge in [0.2, 0.25) is 0 Å². The Labute approximate surface area is 170 Å². The summed E-state index contributed by atoms with van der Waals surface area (Å²) in [7, 11) is 0. The van der Waals surface area contributed by atoms with E-state index < -0.39 is 0 Å². The van der Waals surface area contributed by atoms with Crippen molar-refractivity contribution in [3.63, 3.8) is 0 Å². The molecular weight excluding hydrogens is 360 g/mol. The number of rotatable bonds is 6. The number of likely N-dealkylation sites (tertiary alicyclic amines) is 1. The van der Waals surface area contributed by atoms with Gasteiger partial charge in [-0.2, -0.15) is 0 Å². The lowest BCUT2D eigenvalue weighted by Crippen LogP contribution is -2.29. The first-order chi connectivity index (χ1) is 14.4. The van der Waals surface area contributed by atoms with E-state index in [4.69, 9.17) is 9.40 Å². The van der Waals surface area contributed by atoms with Crippen molar-refractivity contribution in [2.45, 2.75) is 25.4 Å². The minimum atomic E-state index is 0.262. The molecule has 0 N–H and O–H groups in total. The van der Waals surface area contributed by atoms with Gasteiger partial charge in [0, 0.05) is 24.5 Å². The first-order valence-electron chi connectivity index (χ1n) is 10.2. The Morgan fingerprint density at radius 3 is 2.55 bits per heavy atom. The van der Waals surface area contributed by atoms with Gasteiger partial charge in [-0.1, -0.05) is 36.4 Å². The fourth-order valence-corrected chi connectivity index (χ4v) is 4.24. The highest BCUT2D eigenvalue weighted by atomic mass is 16.3. The molecule has 29 heavy (non-hydrogen) atoms. The molecule has 1 aliphatic rings. The summed E-state index contributed by atoms with van der Waals surface area (Å²) in [6, 6.07) is 18.7. The Bertz CT molecular complexity index is 1040. The second kappa shape index (κ2) is 8.05. The van der Waals surface area contributed by atoms with Crippen molar-refractivity contribution in [3.05, 3.63) is 85.1 Å². The molecule has 5 heteroatoms. The van der Waals surface area contributed by atoms with Gasteiger partial charge in [-0.15, -0.1) is 0 Å². The summed E-state index contributed by atoms with van der Waals surface area (Å²) < 4.78 is 8.04. The standard InChI is InChI=1S/C24H24N4O/c1-2-8-19(9-3-1)23-24(22-11-7-15-29-22)28(18-26-23)17-21(27-13-4-5-14-27)20-10-6-12-25-16-20/h1-3,6-12,15-16,18,21H,4-5,13-14,17H2/t21-/m0/s1. The third kappa shape index (κ3) is 3.61. The van der Waals surface area contributed by atoms with Gasteiger partial charge in [-0.25, -0.2) is 4.98 Å². The number of nitrogens with zero attached hydrogens (tertiary/aromatic N) is 4. The highest BCUT2D eigenvalue weighted by Crippen LogP contribution is 2.34. The van der Waals surface area contributed by atoms with Gasteiger partial charge in [-0.3, -0.25) is 9.88 Å². The van der Waals surface area contributed by atoms with Crippen molar-refractivity contribution in [3.8, 4) is 22.7 Å². The number of imidazole rings is 1. The Hall–Kier alpha value is -3.18. The van der Waals surface area contributed by atoms with Gasteiger partial charge in [0.05, 0.1) is 24.3 Å². The fourth-order valence-electron chi connectivity index (χ4n) is 4.24. The summed E-state index contributed by atoms with van der Waals surface area (Å²) in [5.74, 6) is 0.840. The molecule has 1 fully saturated rings. The molecule has 3 aromatic heterocycles. The molecule has 1 aliphatic heterocycles. The number of benzene rings is 1. The van der Waals surface area contributed by atoms with Crippen LogP contribution in [0.25, 0.3) is 22.7 Å². The van der Waals surface area contributed by atoms with Crippen LogP contribution in [0.2, 0.25) is 0 Å². The zero-order valence-corrected chi connectivity index (χ0v) is 16.3. The van der Waals surface area contributed by atoms with Crippen LogP contribution in [0.15, 0.2) is 84.0 Å². The first-order valence-corrected chi connectivity index (χ1v) is 10.2. The quantitative estimate of drug-likeness (QED) is 0.467. The van der Waals surface area contributed by atoms with Crippen LogP contribution in [0.1, 0.15) is 24.4 Å². The lowest BCUT2D eigenvalue weighted by Gasteiger charge is -2.28. The monoisotopic (exact) mass is 384 g/mol. The maximum Gasteiger partial charge on any atom is 0.152 e. The van der Waals surface area contributed by atoms with Crippen molar-refractivity contribution in [1.29, 1.82) is 0 Å². The van der Waals surface area contributed by atoms with Crippen LogP contribution in [-0.2, 0) is 6.54 Å². The zero-order chi connectivity index (χ0) is 19.5. The normalized spacial score (nSPS) is 15.6. The highest BCUT2D eigenvalue weighted by Gasteiger charge is 2.26. The maximum atomic E-state index is 5.81. The van der Waals surface area contributed by atoms with Gasteiger partial charge in [0.15, 0.2) is 5.76 Å². The molecule has 1 saturated heterocycles. The van der Waals surface area contributed by atoms with E-state index in [1.807, 2.05) is 55.1 Å². The van der Waals surface area contributed by atoms with Gasteiger partial charge in [-0.05, 0) is 49.7 Å². The lowest BCUT2D eigenvalue weighted by molar-refractivity contribution is 0.222. The molecule has 5 nitrogen and oxygen atoms in total. The zero-order valence-electron chi connectivity index (χ0n) is 16.3. The molecule has 0 amide bonds. The predicted octanol–water partition coefficient (Wildman–Crippen LogP) is 5.04. The third-order valence-electron chi connectivity index (χ3n) is 5.66. The van der Waals surface area contributed by atoms with Gasteiger partial charge in [0.25, 0.3) is 0 Å². The summed E-state index contributed by atoms with van der Waals surface area (Å²) in [6.45, 7) is 3.05. The summed E-state index contributed by atoms with van der Waals surface area (Å²) in [4.78, 5) is 11.7. The van der Waals surface area contributed by atoms with Gasteiger partial charge in [0.1, 0.15) is 5.69 Å². The molecule has 1 aromatic carbocycles.